The van der Waals surface area contributed by atoms with Crippen LogP contribution in [0.3, 0.4) is 0 Å². The number of hydrogen-bond donors (Lipinski definition) is 1. The van der Waals surface area contributed by atoms with E-state index in [4.69, 9.17) is 0 Å². The van der Waals surface area contributed by atoms with Crippen LogP contribution in [0.15, 0.2) is 12.1 Å². The largest absolute Gasteiger partial charge is 0.342 e. The van der Waals surface area contributed by atoms with Gasteiger partial charge in [-0.2, -0.15) is 0 Å². The molecule has 2 aliphatic rings. The Labute approximate surface area is 135 Å². The Morgan fingerprint density at radius 3 is 2.73 bits per heavy atom. The summed E-state index contributed by atoms with van der Waals surface area (Å²) in [5, 5.41) is 2.90. The summed E-state index contributed by atoms with van der Waals surface area (Å²) >= 11 is 1.79. The van der Waals surface area contributed by atoms with Gasteiger partial charge >= 0.3 is 0 Å². The molecule has 0 aromatic carbocycles. The van der Waals surface area contributed by atoms with Crippen molar-refractivity contribution in [2.45, 2.75) is 39.4 Å². The normalized spacial score (nSPS) is 26.3. The van der Waals surface area contributed by atoms with Crippen LogP contribution in [0.2, 0.25) is 0 Å². The third-order valence-electron chi connectivity index (χ3n) is 4.46. The lowest BCUT2D eigenvalue weighted by atomic mass is 9.96. The summed E-state index contributed by atoms with van der Waals surface area (Å²) in [6.07, 6.45) is 0. The molecule has 3 rings (SSSR count). The fourth-order valence-corrected chi connectivity index (χ4v) is 4.14. The number of fused-ring (bicyclic) bond motifs is 1. The van der Waals surface area contributed by atoms with E-state index in [2.05, 4.69) is 29.3 Å². The predicted molar refractivity (Wildman–Crippen MR) is 86.6 cm³/mol. The third kappa shape index (κ3) is 2.90. The zero-order valence-corrected chi connectivity index (χ0v) is 14.2. The Hall–Kier alpha value is -1.40. The number of rotatable bonds is 3. The van der Waals surface area contributed by atoms with Crippen molar-refractivity contribution < 1.29 is 9.59 Å². The van der Waals surface area contributed by atoms with Gasteiger partial charge in [-0.15, -0.1) is 11.3 Å². The molecule has 0 saturated carbocycles. The van der Waals surface area contributed by atoms with Gasteiger partial charge in [0.1, 0.15) is 12.1 Å². The highest BCUT2D eigenvalue weighted by molar-refractivity contribution is 7.11. The summed E-state index contributed by atoms with van der Waals surface area (Å²) in [6.45, 7) is 9.00. The van der Waals surface area contributed by atoms with Crippen molar-refractivity contribution in [3.63, 3.8) is 0 Å². The molecule has 1 aromatic rings. The van der Waals surface area contributed by atoms with Crippen molar-refractivity contribution in [1.29, 1.82) is 0 Å². The SMILES string of the molecule is Cc1ccc(CN2CCN3C(=O)[C@H](C(C)C)NC(=O)[C@H]3C2)s1. The van der Waals surface area contributed by atoms with E-state index in [9.17, 15) is 9.59 Å². The molecule has 2 amide bonds. The topological polar surface area (TPSA) is 52.6 Å². The number of nitrogens with one attached hydrogen (secondary N) is 1. The first-order chi connectivity index (χ1) is 10.5. The lowest BCUT2D eigenvalue weighted by molar-refractivity contribution is -0.154. The number of hydrogen-bond acceptors (Lipinski definition) is 4. The van der Waals surface area contributed by atoms with E-state index in [1.165, 1.54) is 9.75 Å². The Balaban J connectivity index is 1.68. The summed E-state index contributed by atoms with van der Waals surface area (Å²) in [5.74, 6) is 0.195. The number of thiophene rings is 1. The molecule has 2 saturated heterocycles. The van der Waals surface area contributed by atoms with Crippen molar-refractivity contribution in [1.82, 2.24) is 15.1 Å². The van der Waals surface area contributed by atoms with Gasteiger partial charge in [0.2, 0.25) is 11.8 Å². The van der Waals surface area contributed by atoms with Crippen LogP contribution in [-0.2, 0) is 16.1 Å². The summed E-state index contributed by atoms with van der Waals surface area (Å²) in [6, 6.07) is 3.57. The fraction of sp³-hybridized carbons (Fsp3) is 0.625. The number of nitrogens with zero attached hydrogens (tertiary/aromatic N) is 2. The van der Waals surface area contributed by atoms with E-state index in [1.54, 1.807) is 16.2 Å². The first-order valence-corrected chi connectivity index (χ1v) is 8.66. The Bertz CT molecular complexity index is 584. The zero-order chi connectivity index (χ0) is 15.9. The Kier molecular flexibility index (Phi) is 4.23. The quantitative estimate of drug-likeness (QED) is 0.911. The van der Waals surface area contributed by atoms with Crippen LogP contribution in [0.4, 0.5) is 0 Å². The van der Waals surface area contributed by atoms with E-state index < -0.39 is 0 Å². The summed E-state index contributed by atoms with van der Waals surface area (Å²) in [5.41, 5.74) is 0. The van der Waals surface area contributed by atoms with Gasteiger partial charge in [-0.3, -0.25) is 14.5 Å². The van der Waals surface area contributed by atoms with Gasteiger partial charge in [-0.1, -0.05) is 13.8 Å². The van der Waals surface area contributed by atoms with Gasteiger partial charge < -0.3 is 10.2 Å². The van der Waals surface area contributed by atoms with Gasteiger partial charge in [-0.25, -0.2) is 0 Å². The average Bonchev–Trinajstić information content (AvgIpc) is 2.87. The minimum absolute atomic E-state index is 0.00893. The van der Waals surface area contributed by atoms with Crippen molar-refractivity contribution in [3.05, 3.63) is 21.9 Å². The first kappa shape index (κ1) is 15.5. The van der Waals surface area contributed by atoms with Crippen molar-refractivity contribution in [2.24, 2.45) is 5.92 Å². The predicted octanol–water partition coefficient (Wildman–Crippen LogP) is 1.22. The fourth-order valence-electron chi connectivity index (χ4n) is 3.20. The molecule has 22 heavy (non-hydrogen) atoms. The van der Waals surface area contributed by atoms with Gasteiger partial charge in [0.25, 0.3) is 0 Å². The van der Waals surface area contributed by atoms with E-state index in [0.717, 1.165) is 13.1 Å². The van der Waals surface area contributed by atoms with Crippen LogP contribution < -0.4 is 5.32 Å². The molecule has 6 heteroatoms. The standard InChI is InChI=1S/C16H23N3O2S/c1-10(2)14-16(21)19-7-6-18(9-13(19)15(20)17-14)8-12-5-4-11(3)22-12/h4-5,10,13-14H,6-9H2,1-3H3,(H,17,20)/t13-,14+/m1/s1. The lowest BCUT2D eigenvalue weighted by Gasteiger charge is -2.46. The molecule has 0 unspecified atom stereocenters. The maximum atomic E-state index is 12.5. The van der Waals surface area contributed by atoms with Crippen molar-refractivity contribution in [3.8, 4) is 0 Å². The van der Waals surface area contributed by atoms with E-state index in [1.807, 2.05) is 13.8 Å². The van der Waals surface area contributed by atoms with Gasteiger partial charge in [0.15, 0.2) is 0 Å². The Morgan fingerprint density at radius 1 is 1.32 bits per heavy atom. The molecule has 1 aromatic heterocycles. The molecule has 0 spiro atoms. The van der Waals surface area contributed by atoms with E-state index >= 15 is 0 Å². The van der Waals surface area contributed by atoms with Gasteiger partial charge in [0, 0.05) is 35.9 Å². The molecule has 3 heterocycles. The number of carbonyl (C=O) groups excluding carboxylic acids is 2. The molecule has 2 aliphatic heterocycles. The minimum Gasteiger partial charge on any atom is -0.342 e. The minimum atomic E-state index is -0.366. The molecule has 0 radical (unpaired) electrons. The second-order valence-corrected chi connectivity index (χ2v) is 7.90. The van der Waals surface area contributed by atoms with Crippen LogP contribution in [-0.4, -0.2) is 53.3 Å². The van der Waals surface area contributed by atoms with Crippen LogP contribution in [0, 0.1) is 12.8 Å². The molecule has 5 nitrogen and oxygen atoms in total. The highest BCUT2D eigenvalue weighted by atomic mass is 32.1. The molecule has 2 atom stereocenters. The van der Waals surface area contributed by atoms with Gasteiger partial charge in [0.05, 0.1) is 0 Å². The molecule has 0 aliphatic carbocycles. The molecular formula is C16H23N3O2S. The Morgan fingerprint density at radius 2 is 2.09 bits per heavy atom. The monoisotopic (exact) mass is 321 g/mol. The molecule has 0 bridgehead atoms. The van der Waals surface area contributed by atoms with Crippen LogP contribution >= 0.6 is 11.3 Å². The summed E-state index contributed by atoms with van der Waals surface area (Å²) in [4.78, 5) is 31.5. The van der Waals surface area contributed by atoms with Crippen molar-refractivity contribution >= 4 is 23.2 Å². The first-order valence-electron chi connectivity index (χ1n) is 7.84. The number of amides is 2. The molecule has 1 N–H and O–H groups in total. The molecular weight excluding hydrogens is 298 g/mol. The second-order valence-electron chi connectivity index (χ2n) is 6.53. The number of carbonyl (C=O) groups is 2. The number of aryl methyl sites for hydroxylation is 1. The van der Waals surface area contributed by atoms with E-state index in [-0.39, 0.29) is 29.8 Å². The van der Waals surface area contributed by atoms with Crippen molar-refractivity contribution in [2.75, 3.05) is 19.6 Å². The molecule has 120 valence electrons. The summed E-state index contributed by atoms with van der Waals surface area (Å²) < 4.78 is 0. The maximum Gasteiger partial charge on any atom is 0.246 e. The molecule has 2 fully saturated rings. The maximum absolute atomic E-state index is 12.5. The van der Waals surface area contributed by atoms with Crippen LogP contribution in [0.25, 0.3) is 0 Å². The van der Waals surface area contributed by atoms with Crippen LogP contribution in [0.1, 0.15) is 23.6 Å². The highest BCUT2D eigenvalue weighted by Crippen LogP contribution is 2.22. The second kappa shape index (κ2) is 6.01. The van der Waals surface area contributed by atoms with Crippen LogP contribution in [0.5, 0.6) is 0 Å². The summed E-state index contributed by atoms with van der Waals surface area (Å²) in [7, 11) is 0. The average molecular weight is 321 g/mol. The third-order valence-corrected chi connectivity index (χ3v) is 5.44. The highest BCUT2D eigenvalue weighted by Gasteiger charge is 2.44. The van der Waals surface area contributed by atoms with E-state index in [0.29, 0.717) is 13.1 Å². The zero-order valence-electron chi connectivity index (χ0n) is 13.3. The number of piperazine rings is 2. The lowest BCUT2D eigenvalue weighted by Crippen LogP contribution is -2.69. The smallest absolute Gasteiger partial charge is 0.246 e. The van der Waals surface area contributed by atoms with Gasteiger partial charge in [-0.05, 0) is 25.0 Å².